The van der Waals surface area contributed by atoms with E-state index >= 15 is 0 Å². The topological polar surface area (TPSA) is 32.5 Å². The van der Waals surface area contributed by atoms with Crippen LogP contribution in [-0.2, 0) is 6.54 Å². The van der Waals surface area contributed by atoms with Gasteiger partial charge in [-0.05, 0) is 63.3 Å². The van der Waals surface area contributed by atoms with Crippen LogP contribution in [0.3, 0.4) is 0 Å². The van der Waals surface area contributed by atoms with Crippen LogP contribution in [0, 0.1) is 5.82 Å². The summed E-state index contributed by atoms with van der Waals surface area (Å²) in [5, 5.41) is 0. The molecule has 1 heterocycles. The van der Waals surface area contributed by atoms with Gasteiger partial charge < -0.3 is 10.6 Å². The van der Waals surface area contributed by atoms with Crippen molar-refractivity contribution in [1.82, 2.24) is 9.80 Å². The number of nitrogens with two attached hydrogens (primary N) is 1. The van der Waals surface area contributed by atoms with Crippen LogP contribution in [0.4, 0.5) is 10.1 Å². The lowest BCUT2D eigenvalue weighted by atomic mass is 10.0. The molecule has 0 unspecified atom stereocenters. The van der Waals surface area contributed by atoms with Gasteiger partial charge in [-0.2, -0.15) is 0 Å². The lowest BCUT2D eigenvalue weighted by molar-refractivity contribution is 0.127. The Morgan fingerprint density at radius 1 is 1.32 bits per heavy atom. The zero-order valence-electron chi connectivity index (χ0n) is 11.9. The molecule has 0 atom stereocenters. The third kappa shape index (κ3) is 3.91. The van der Waals surface area contributed by atoms with Crippen molar-refractivity contribution in [2.24, 2.45) is 0 Å². The summed E-state index contributed by atoms with van der Waals surface area (Å²) < 4.78 is 13.3. The molecule has 0 bridgehead atoms. The minimum atomic E-state index is -0.246. The molecule has 1 fully saturated rings. The van der Waals surface area contributed by atoms with E-state index in [1.54, 1.807) is 6.07 Å². The normalized spacial score (nSPS) is 18.1. The summed E-state index contributed by atoms with van der Waals surface area (Å²) in [6, 6.07) is 5.39. The smallest absolute Gasteiger partial charge is 0.125 e. The summed E-state index contributed by atoms with van der Waals surface area (Å²) in [7, 11) is 2.12. The van der Waals surface area contributed by atoms with Gasteiger partial charge in [0.2, 0.25) is 0 Å². The number of hydrogen-bond donors (Lipinski definition) is 1. The van der Waals surface area contributed by atoms with Crippen molar-refractivity contribution in [2.75, 3.05) is 32.4 Å². The highest BCUT2D eigenvalue weighted by Crippen LogP contribution is 2.19. The highest BCUT2D eigenvalue weighted by Gasteiger charge is 2.21. The number of piperidine rings is 1. The van der Waals surface area contributed by atoms with Gasteiger partial charge in [-0.1, -0.05) is 6.92 Å². The number of nitrogen functional groups attached to an aromatic ring is 1. The Hall–Kier alpha value is -1.13. The quantitative estimate of drug-likeness (QED) is 0.848. The number of rotatable bonds is 4. The van der Waals surface area contributed by atoms with E-state index in [9.17, 15) is 4.39 Å². The Balaban J connectivity index is 1.92. The summed E-state index contributed by atoms with van der Waals surface area (Å²) in [6.07, 6.45) is 2.38. The van der Waals surface area contributed by atoms with Crippen LogP contribution >= 0.6 is 0 Å². The van der Waals surface area contributed by atoms with E-state index < -0.39 is 0 Å². The van der Waals surface area contributed by atoms with Crippen molar-refractivity contribution in [3.05, 3.63) is 29.6 Å². The minimum Gasteiger partial charge on any atom is -0.399 e. The first-order chi connectivity index (χ1) is 9.08. The maximum atomic E-state index is 13.3. The van der Waals surface area contributed by atoms with Crippen molar-refractivity contribution < 1.29 is 4.39 Å². The highest BCUT2D eigenvalue weighted by atomic mass is 19.1. The maximum Gasteiger partial charge on any atom is 0.125 e. The molecule has 3 nitrogen and oxygen atoms in total. The molecule has 0 aromatic heterocycles. The Bertz CT molecular complexity index is 394. The fourth-order valence-corrected chi connectivity index (χ4v) is 2.86. The minimum absolute atomic E-state index is 0.246. The van der Waals surface area contributed by atoms with Gasteiger partial charge in [0.15, 0.2) is 0 Å². The Morgan fingerprint density at radius 2 is 2.00 bits per heavy atom. The molecule has 0 radical (unpaired) electrons. The molecule has 2 rings (SSSR count). The van der Waals surface area contributed by atoms with Crippen molar-refractivity contribution in [1.29, 1.82) is 0 Å². The lowest BCUT2D eigenvalue weighted by Crippen LogP contribution is -2.42. The molecular weight excluding hydrogens is 241 g/mol. The second-order valence-corrected chi connectivity index (χ2v) is 5.47. The van der Waals surface area contributed by atoms with E-state index in [0.29, 0.717) is 11.7 Å². The van der Waals surface area contributed by atoms with Crippen LogP contribution in [0.25, 0.3) is 0 Å². The second-order valence-electron chi connectivity index (χ2n) is 5.47. The average Bonchev–Trinajstić information content (AvgIpc) is 2.37. The summed E-state index contributed by atoms with van der Waals surface area (Å²) >= 11 is 0. The number of likely N-dealkylation sites (tertiary alicyclic amines) is 1. The van der Waals surface area contributed by atoms with Crippen molar-refractivity contribution in [2.45, 2.75) is 32.4 Å². The molecule has 106 valence electrons. The molecule has 0 spiro atoms. The number of benzene rings is 1. The van der Waals surface area contributed by atoms with Gasteiger partial charge in [0.05, 0.1) is 0 Å². The van der Waals surface area contributed by atoms with Gasteiger partial charge in [-0.15, -0.1) is 0 Å². The van der Waals surface area contributed by atoms with Crippen molar-refractivity contribution >= 4 is 5.69 Å². The zero-order valence-corrected chi connectivity index (χ0v) is 11.9. The summed E-state index contributed by atoms with van der Waals surface area (Å²) in [5.74, 6) is -0.246. The van der Waals surface area contributed by atoms with Crippen molar-refractivity contribution in [3.8, 4) is 0 Å². The Kier molecular flexibility index (Phi) is 4.77. The third-order valence-electron chi connectivity index (χ3n) is 4.04. The average molecular weight is 265 g/mol. The number of hydrogen-bond acceptors (Lipinski definition) is 3. The molecular formula is C15H24FN3. The monoisotopic (exact) mass is 265 g/mol. The number of anilines is 1. The van der Waals surface area contributed by atoms with Crippen LogP contribution in [-0.4, -0.2) is 42.5 Å². The SMILES string of the molecule is CCN1CCC(N(C)Cc2cc(N)cc(F)c2)CC1. The van der Waals surface area contributed by atoms with E-state index in [2.05, 4.69) is 23.8 Å². The van der Waals surface area contributed by atoms with E-state index in [-0.39, 0.29) is 5.82 Å². The van der Waals surface area contributed by atoms with Crippen LogP contribution in [0.2, 0.25) is 0 Å². The molecule has 1 aromatic rings. The predicted molar refractivity (Wildman–Crippen MR) is 77.4 cm³/mol. The molecule has 1 aliphatic rings. The first-order valence-corrected chi connectivity index (χ1v) is 7.06. The Labute approximate surface area is 115 Å². The van der Waals surface area contributed by atoms with Gasteiger partial charge in [-0.3, -0.25) is 4.90 Å². The standard InChI is InChI=1S/C15H24FN3/c1-3-19-6-4-15(5-7-19)18(2)11-12-8-13(16)10-14(17)9-12/h8-10,15H,3-7,11,17H2,1-2H3. The molecule has 1 aromatic carbocycles. The van der Waals surface area contributed by atoms with Crippen LogP contribution < -0.4 is 5.73 Å². The highest BCUT2D eigenvalue weighted by molar-refractivity contribution is 5.41. The van der Waals surface area contributed by atoms with Crippen LogP contribution in [0.1, 0.15) is 25.3 Å². The van der Waals surface area contributed by atoms with Crippen LogP contribution in [0.15, 0.2) is 18.2 Å². The second kappa shape index (κ2) is 6.35. The molecule has 1 aliphatic heterocycles. The van der Waals surface area contributed by atoms with Gasteiger partial charge >= 0.3 is 0 Å². The van der Waals surface area contributed by atoms with E-state index in [4.69, 9.17) is 5.73 Å². The molecule has 2 N–H and O–H groups in total. The first-order valence-electron chi connectivity index (χ1n) is 7.06. The molecule has 0 saturated carbocycles. The van der Waals surface area contributed by atoms with Gasteiger partial charge in [0, 0.05) is 18.3 Å². The molecule has 4 heteroatoms. The fraction of sp³-hybridized carbons (Fsp3) is 0.600. The van der Waals surface area contributed by atoms with Crippen LogP contribution in [0.5, 0.6) is 0 Å². The number of halogens is 1. The van der Waals surface area contributed by atoms with E-state index in [0.717, 1.165) is 31.7 Å². The van der Waals surface area contributed by atoms with Gasteiger partial charge in [0.25, 0.3) is 0 Å². The van der Waals surface area contributed by atoms with Crippen molar-refractivity contribution in [3.63, 3.8) is 0 Å². The molecule has 0 aliphatic carbocycles. The summed E-state index contributed by atoms with van der Waals surface area (Å²) in [5.41, 5.74) is 7.14. The Morgan fingerprint density at radius 3 is 2.58 bits per heavy atom. The number of nitrogens with zero attached hydrogens (tertiary/aromatic N) is 2. The lowest BCUT2D eigenvalue weighted by Gasteiger charge is -2.36. The molecule has 1 saturated heterocycles. The zero-order chi connectivity index (χ0) is 13.8. The predicted octanol–water partition coefficient (Wildman–Crippen LogP) is 2.32. The molecule has 0 amide bonds. The largest absolute Gasteiger partial charge is 0.399 e. The van der Waals surface area contributed by atoms with E-state index in [1.165, 1.54) is 18.9 Å². The summed E-state index contributed by atoms with van der Waals surface area (Å²) in [6.45, 7) is 6.43. The van der Waals surface area contributed by atoms with Gasteiger partial charge in [0.1, 0.15) is 5.82 Å². The van der Waals surface area contributed by atoms with Gasteiger partial charge in [-0.25, -0.2) is 4.39 Å². The first kappa shape index (κ1) is 14.3. The van der Waals surface area contributed by atoms with E-state index in [1.807, 2.05) is 6.07 Å². The third-order valence-corrected chi connectivity index (χ3v) is 4.04. The fourth-order valence-electron chi connectivity index (χ4n) is 2.86. The summed E-state index contributed by atoms with van der Waals surface area (Å²) in [4.78, 5) is 4.80. The maximum absolute atomic E-state index is 13.3. The molecule has 19 heavy (non-hydrogen) atoms.